The van der Waals surface area contributed by atoms with Crippen molar-refractivity contribution in [2.75, 3.05) is 0 Å². The molecule has 0 saturated carbocycles. The second-order valence-corrected chi connectivity index (χ2v) is 5.99. The Morgan fingerprint density at radius 2 is 2.06 bits per heavy atom. The third-order valence-corrected chi connectivity index (χ3v) is 2.49. The van der Waals surface area contributed by atoms with E-state index < -0.39 is 17.2 Å². The minimum atomic E-state index is -1.26. The van der Waals surface area contributed by atoms with Gasteiger partial charge in [-0.2, -0.15) is 0 Å². The molecular weight excluding hydrogens is 302 g/mol. The lowest BCUT2D eigenvalue weighted by Crippen LogP contribution is -2.46. The van der Waals surface area contributed by atoms with Crippen molar-refractivity contribution >= 4 is 28.3 Å². The van der Waals surface area contributed by atoms with Gasteiger partial charge >= 0.3 is 6.09 Å². The highest BCUT2D eigenvalue weighted by Crippen LogP contribution is 2.24. The number of alkyl carbamates (subject to hydrolysis) is 1. The van der Waals surface area contributed by atoms with Crippen molar-refractivity contribution in [3.05, 3.63) is 22.6 Å². The van der Waals surface area contributed by atoms with Crippen molar-refractivity contribution in [2.24, 2.45) is 0 Å². The van der Waals surface area contributed by atoms with Crippen molar-refractivity contribution in [1.82, 2.24) is 5.32 Å². The predicted molar refractivity (Wildman–Crippen MR) is 69.2 cm³/mol. The van der Waals surface area contributed by atoms with Crippen LogP contribution < -0.4 is 5.32 Å². The van der Waals surface area contributed by atoms with E-state index in [1.54, 1.807) is 26.8 Å². The lowest BCUT2D eigenvalue weighted by Gasteiger charge is -2.25. The van der Waals surface area contributed by atoms with E-state index in [0.717, 1.165) is 0 Å². The summed E-state index contributed by atoms with van der Waals surface area (Å²) in [5.41, 5.74) is -1.88. The summed E-state index contributed by atoms with van der Waals surface area (Å²) in [6.45, 7) is 6.77. The fraction of sp³-hybridized carbons (Fsp3) is 0.500. The minimum Gasteiger partial charge on any atom is -0.465 e. The highest BCUT2D eigenvalue weighted by Gasteiger charge is 2.33. The number of ether oxygens (including phenoxy) is 1. The number of carbonyl (C=O) groups excluding carboxylic acids is 2. The van der Waals surface area contributed by atoms with Gasteiger partial charge in [-0.1, -0.05) is 0 Å². The lowest BCUT2D eigenvalue weighted by atomic mass is 10.0. The minimum absolute atomic E-state index is 0.329. The van der Waals surface area contributed by atoms with Gasteiger partial charge in [0, 0.05) is 0 Å². The van der Waals surface area contributed by atoms with E-state index in [2.05, 4.69) is 21.2 Å². The molecular formula is C12H16BrNO4. The van der Waals surface area contributed by atoms with Crippen LogP contribution in [-0.2, 0) is 15.1 Å². The third kappa shape index (κ3) is 3.87. The predicted octanol–water partition coefficient (Wildman–Crippen LogP) is 2.98. The molecule has 1 aromatic heterocycles. The van der Waals surface area contributed by atoms with Crippen LogP contribution in [0.1, 0.15) is 33.5 Å². The molecule has 0 aliphatic carbocycles. The van der Waals surface area contributed by atoms with Crippen LogP contribution in [-0.4, -0.2) is 18.0 Å². The van der Waals surface area contributed by atoms with Crippen molar-refractivity contribution in [3.8, 4) is 0 Å². The van der Waals surface area contributed by atoms with Crippen molar-refractivity contribution in [1.29, 1.82) is 0 Å². The molecule has 0 saturated heterocycles. The molecule has 1 amide bonds. The van der Waals surface area contributed by atoms with Crippen molar-refractivity contribution < 1.29 is 18.7 Å². The summed E-state index contributed by atoms with van der Waals surface area (Å²) in [5.74, 6) is 0.329. The fourth-order valence-corrected chi connectivity index (χ4v) is 1.55. The Kier molecular flexibility index (Phi) is 4.21. The summed E-state index contributed by atoms with van der Waals surface area (Å²) in [6, 6.07) is 1.62. The first kappa shape index (κ1) is 14.8. The Morgan fingerprint density at radius 1 is 1.44 bits per heavy atom. The third-order valence-electron chi connectivity index (χ3n) is 2.08. The molecule has 100 valence electrons. The van der Waals surface area contributed by atoms with Crippen LogP contribution in [0.5, 0.6) is 0 Å². The van der Waals surface area contributed by atoms with Gasteiger partial charge in [0.25, 0.3) is 0 Å². The number of halogens is 1. The molecule has 1 unspecified atom stereocenters. The van der Waals surface area contributed by atoms with Gasteiger partial charge in [-0.25, -0.2) is 4.79 Å². The molecule has 1 N–H and O–H groups in total. The molecule has 1 atom stereocenters. The van der Waals surface area contributed by atoms with Crippen LogP contribution in [0, 0.1) is 0 Å². The van der Waals surface area contributed by atoms with E-state index in [-0.39, 0.29) is 0 Å². The van der Waals surface area contributed by atoms with Gasteiger partial charge in [-0.05, 0) is 49.7 Å². The number of nitrogens with one attached hydrogen (secondary N) is 1. The highest BCUT2D eigenvalue weighted by molar-refractivity contribution is 9.10. The number of amides is 1. The van der Waals surface area contributed by atoms with E-state index in [9.17, 15) is 9.59 Å². The van der Waals surface area contributed by atoms with Crippen LogP contribution >= 0.6 is 15.9 Å². The Balaban J connectivity index is 2.84. The smallest absolute Gasteiger partial charge is 0.408 e. The van der Waals surface area contributed by atoms with Gasteiger partial charge in [-0.15, -0.1) is 0 Å². The quantitative estimate of drug-likeness (QED) is 0.870. The molecule has 0 radical (unpaired) electrons. The molecule has 1 heterocycles. The molecule has 5 nitrogen and oxygen atoms in total. The van der Waals surface area contributed by atoms with E-state index in [0.29, 0.717) is 16.5 Å². The average Bonchev–Trinajstić information content (AvgIpc) is 2.62. The van der Waals surface area contributed by atoms with Crippen LogP contribution in [0.4, 0.5) is 4.79 Å². The second-order valence-electron chi connectivity index (χ2n) is 5.08. The number of hydrogen-bond acceptors (Lipinski definition) is 4. The molecule has 0 spiro atoms. The van der Waals surface area contributed by atoms with E-state index in [1.165, 1.54) is 13.2 Å². The number of carbonyl (C=O) groups is 2. The summed E-state index contributed by atoms with van der Waals surface area (Å²) >= 11 is 3.22. The van der Waals surface area contributed by atoms with Crippen LogP contribution in [0.2, 0.25) is 0 Å². The van der Waals surface area contributed by atoms with Gasteiger partial charge in [-0.3, -0.25) is 0 Å². The molecule has 18 heavy (non-hydrogen) atoms. The molecule has 0 fully saturated rings. The van der Waals surface area contributed by atoms with Gasteiger partial charge < -0.3 is 19.3 Å². The Bertz CT molecular complexity index is 449. The fourth-order valence-electron chi connectivity index (χ4n) is 1.25. The number of furan rings is 1. The van der Waals surface area contributed by atoms with Gasteiger partial charge in [0.05, 0.1) is 4.47 Å². The summed E-state index contributed by atoms with van der Waals surface area (Å²) in [7, 11) is 0. The highest BCUT2D eigenvalue weighted by atomic mass is 79.9. The topological polar surface area (TPSA) is 68.5 Å². The van der Waals surface area contributed by atoms with Crippen molar-refractivity contribution in [3.63, 3.8) is 0 Å². The first-order valence-corrected chi connectivity index (χ1v) is 6.17. The van der Waals surface area contributed by atoms with Crippen LogP contribution in [0.3, 0.4) is 0 Å². The summed E-state index contributed by atoms with van der Waals surface area (Å²) in [5, 5.41) is 2.49. The summed E-state index contributed by atoms with van der Waals surface area (Å²) in [4.78, 5) is 22.9. The summed E-state index contributed by atoms with van der Waals surface area (Å²) < 4.78 is 11.0. The molecule has 0 aliphatic heterocycles. The average molecular weight is 318 g/mol. The first-order chi connectivity index (χ1) is 8.16. The SMILES string of the molecule is CC(C)(C)OC(=O)NC(C)(C=O)c1cc(Br)co1. The molecule has 6 heteroatoms. The van der Waals surface area contributed by atoms with E-state index in [1.807, 2.05) is 0 Å². The first-order valence-electron chi connectivity index (χ1n) is 5.38. The van der Waals surface area contributed by atoms with Gasteiger partial charge in [0.2, 0.25) is 0 Å². The van der Waals surface area contributed by atoms with Crippen LogP contribution in [0.15, 0.2) is 21.2 Å². The largest absolute Gasteiger partial charge is 0.465 e. The maximum atomic E-state index is 11.7. The summed E-state index contributed by atoms with van der Waals surface area (Å²) in [6.07, 6.45) is 1.36. The molecule has 0 aromatic carbocycles. The van der Waals surface area contributed by atoms with Crippen molar-refractivity contribution in [2.45, 2.75) is 38.8 Å². The number of aldehydes is 1. The lowest BCUT2D eigenvalue weighted by molar-refractivity contribution is -0.113. The zero-order chi connectivity index (χ0) is 14.0. The normalized spacial score (nSPS) is 14.7. The van der Waals surface area contributed by atoms with E-state index >= 15 is 0 Å². The number of hydrogen-bond donors (Lipinski definition) is 1. The maximum Gasteiger partial charge on any atom is 0.408 e. The Hall–Kier alpha value is -1.30. The second kappa shape index (κ2) is 5.14. The Labute approximate surface area is 114 Å². The number of rotatable bonds is 3. The van der Waals surface area contributed by atoms with Crippen LogP contribution in [0.25, 0.3) is 0 Å². The molecule has 0 aliphatic rings. The molecule has 1 rings (SSSR count). The van der Waals surface area contributed by atoms with E-state index in [4.69, 9.17) is 9.15 Å². The maximum absolute atomic E-state index is 11.7. The van der Waals surface area contributed by atoms with Gasteiger partial charge in [0.15, 0.2) is 11.8 Å². The van der Waals surface area contributed by atoms with Gasteiger partial charge in [0.1, 0.15) is 17.6 Å². The standard InChI is InChI=1S/C12H16BrNO4/c1-11(2,3)18-10(16)14-12(4,7-15)9-5-8(13)6-17-9/h5-7H,1-4H3,(H,14,16). The monoisotopic (exact) mass is 317 g/mol. The molecule has 1 aromatic rings. The zero-order valence-corrected chi connectivity index (χ0v) is 12.3. The molecule has 0 bridgehead atoms. The Morgan fingerprint density at radius 3 is 2.44 bits per heavy atom. The zero-order valence-electron chi connectivity index (χ0n) is 10.7.